The van der Waals surface area contributed by atoms with E-state index in [1.807, 2.05) is 0 Å². The zero-order chi connectivity index (χ0) is 14.9. The van der Waals surface area contributed by atoms with Crippen molar-refractivity contribution in [3.8, 4) is 5.75 Å². The maximum Gasteiger partial charge on any atom is 0.199 e. The van der Waals surface area contributed by atoms with Crippen molar-refractivity contribution in [1.29, 1.82) is 0 Å². The number of anilines is 1. The summed E-state index contributed by atoms with van der Waals surface area (Å²) in [7, 11) is 1.38. The predicted octanol–water partition coefficient (Wildman–Crippen LogP) is 3.10. The Morgan fingerprint density at radius 2 is 1.80 bits per heavy atom. The number of ether oxygens (including phenoxy) is 1. The van der Waals surface area contributed by atoms with E-state index in [0.717, 1.165) is 12.1 Å². The van der Waals surface area contributed by atoms with Gasteiger partial charge in [0.2, 0.25) is 0 Å². The molecule has 0 saturated heterocycles. The van der Waals surface area contributed by atoms with Gasteiger partial charge in [0.05, 0.1) is 18.2 Å². The van der Waals surface area contributed by atoms with E-state index in [1.165, 1.54) is 26.2 Å². The highest BCUT2D eigenvalue weighted by molar-refractivity contribution is 6.11. The van der Waals surface area contributed by atoms with Gasteiger partial charge in [-0.05, 0) is 42.8 Å². The molecule has 5 heteroatoms. The Labute approximate surface area is 115 Å². The third kappa shape index (κ3) is 2.47. The van der Waals surface area contributed by atoms with Crippen LogP contribution in [0.25, 0.3) is 0 Å². The van der Waals surface area contributed by atoms with Crippen molar-refractivity contribution < 1.29 is 18.3 Å². The summed E-state index contributed by atoms with van der Waals surface area (Å²) in [5.74, 6) is -1.84. The molecule has 0 aliphatic carbocycles. The number of methoxy groups -OCH3 is 1. The van der Waals surface area contributed by atoms with Crippen LogP contribution in [0.5, 0.6) is 5.75 Å². The molecule has 0 bridgehead atoms. The molecular weight excluding hydrogens is 264 g/mol. The molecule has 0 aromatic heterocycles. The quantitative estimate of drug-likeness (QED) is 0.693. The van der Waals surface area contributed by atoms with Gasteiger partial charge in [0.25, 0.3) is 0 Å². The van der Waals surface area contributed by atoms with Crippen molar-refractivity contribution in [3.63, 3.8) is 0 Å². The van der Waals surface area contributed by atoms with Crippen LogP contribution in [-0.2, 0) is 0 Å². The summed E-state index contributed by atoms with van der Waals surface area (Å²) in [4.78, 5) is 12.3. The molecule has 0 radical (unpaired) electrons. The van der Waals surface area contributed by atoms with Gasteiger partial charge in [-0.2, -0.15) is 0 Å². The second kappa shape index (κ2) is 5.28. The molecule has 3 nitrogen and oxygen atoms in total. The summed E-state index contributed by atoms with van der Waals surface area (Å²) >= 11 is 0. The van der Waals surface area contributed by atoms with Gasteiger partial charge >= 0.3 is 0 Å². The molecular formula is C15H13F2NO2. The fourth-order valence-electron chi connectivity index (χ4n) is 1.87. The number of hydrogen-bond donors (Lipinski definition) is 1. The first-order valence-corrected chi connectivity index (χ1v) is 5.88. The molecule has 2 aromatic carbocycles. The largest absolute Gasteiger partial charge is 0.496 e. The molecule has 0 heterocycles. The number of aryl methyl sites for hydroxylation is 1. The maximum absolute atomic E-state index is 13.8. The normalized spacial score (nSPS) is 10.4. The zero-order valence-corrected chi connectivity index (χ0v) is 11.0. The average molecular weight is 277 g/mol. The average Bonchev–Trinajstić information content (AvgIpc) is 2.42. The van der Waals surface area contributed by atoms with Crippen LogP contribution in [0.15, 0.2) is 30.3 Å². The van der Waals surface area contributed by atoms with E-state index in [4.69, 9.17) is 10.5 Å². The second-order valence-electron chi connectivity index (χ2n) is 4.37. The third-order valence-electron chi connectivity index (χ3n) is 2.96. The molecule has 0 spiro atoms. The Bertz CT molecular complexity index is 684. The fourth-order valence-corrected chi connectivity index (χ4v) is 1.87. The molecule has 0 aliphatic rings. The minimum Gasteiger partial charge on any atom is -0.496 e. The van der Waals surface area contributed by atoms with Crippen LogP contribution in [0.3, 0.4) is 0 Å². The van der Waals surface area contributed by atoms with Crippen molar-refractivity contribution in [2.45, 2.75) is 6.92 Å². The van der Waals surface area contributed by atoms with E-state index >= 15 is 0 Å². The molecule has 0 amide bonds. The Morgan fingerprint density at radius 3 is 2.45 bits per heavy atom. The van der Waals surface area contributed by atoms with Crippen LogP contribution in [-0.4, -0.2) is 12.9 Å². The highest BCUT2D eigenvalue weighted by Gasteiger charge is 2.20. The topological polar surface area (TPSA) is 52.3 Å². The summed E-state index contributed by atoms with van der Waals surface area (Å²) in [5, 5.41) is 0. The summed E-state index contributed by atoms with van der Waals surface area (Å²) in [6.07, 6.45) is 0. The number of halogens is 2. The lowest BCUT2D eigenvalue weighted by molar-refractivity contribution is 0.103. The smallest absolute Gasteiger partial charge is 0.199 e. The summed E-state index contributed by atoms with van der Waals surface area (Å²) < 4.78 is 32.4. The fraction of sp³-hybridized carbons (Fsp3) is 0.133. The van der Waals surface area contributed by atoms with Crippen LogP contribution in [0, 0.1) is 18.6 Å². The van der Waals surface area contributed by atoms with Gasteiger partial charge < -0.3 is 10.5 Å². The molecule has 2 N–H and O–H groups in total. The number of benzene rings is 2. The summed E-state index contributed by atoms with van der Waals surface area (Å²) in [6, 6.07) is 6.31. The lowest BCUT2D eigenvalue weighted by atomic mass is 10.00. The van der Waals surface area contributed by atoms with Crippen LogP contribution < -0.4 is 10.5 Å². The SMILES string of the molecule is COc1ccc(N)cc1C(=O)c1cc(F)c(C)cc1F. The second-order valence-corrected chi connectivity index (χ2v) is 4.37. The predicted molar refractivity (Wildman–Crippen MR) is 71.9 cm³/mol. The maximum atomic E-state index is 13.8. The van der Waals surface area contributed by atoms with Crippen LogP contribution in [0.1, 0.15) is 21.5 Å². The van der Waals surface area contributed by atoms with E-state index in [9.17, 15) is 13.6 Å². The van der Waals surface area contributed by atoms with E-state index in [2.05, 4.69) is 0 Å². The lowest BCUT2D eigenvalue weighted by Gasteiger charge is -2.10. The molecule has 0 aliphatic heterocycles. The van der Waals surface area contributed by atoms with Crippen molar-refractivity contribution in [2.24, 2.45) is 0 Å². The number of nitrogens with two attached hydrogens (primary N) is 1. The first-order chi connectivity index (χ1) is 9.43. The monoisotopic (exact) mass is 277 g/mol. The minimum atomic E-state index is -0.779. The third-order valence-corrected chi connectivity index (χ3v) is 2.96. The minimum absolute atomic E-state index is 0.0923. The van der Waals surface area contributed by atoms with E-state index in [-0.39, 0.29) is 22.4 Å². The van der Waals surface area contributed by atoms with E-state index in [0.29, 0.717) is 5.69 Å². The molecule has 0 unspecified atom stereocenters. The van der Waals surface area contributed by atoms with Crippen LogP contribution in [0.2, 0.25) is 0 Å². The standard InChI is InChI=1S/C15H13F2NO2/c1-8-5-13(17)10(7-12(8)16)15(19)11-6-9(18)3-4-14(11)20-2/h3-7H,18H2,1-2H3. The van der Waals surface area contributed by atoms with Crippen LogP contribution in [0.4, 0.5) is 14.5 Å². The van der Waals surface area contributed by atoms with E-state index < -0.39 is 17.4 Å². The van der Waals surface area contributed by atoms with Gasteiger partial charge in [0.1, 0.15) is 17.4 Å². The van der Waals surface area contributed by atoms with Crippen LogP contribution >= 0.6 is 0 Å². The lowest BCUT2D eigenvalue weighted by Crippen LogP contribution is -2.08. The van der Waals surface area contributed by atoms with Gasteiger partial charge in [0, 0.05) is 5.69 Å². The van der Waals surface area contributed by atoms with Crippen molar-refractivity contribution >= 4 is 11.5 Å². The molecule has 0 atom stereocenters. The number of carbonyl (C=O) groups is 1. The molecule has 0 fully saturated rings. The number of nitrogen functional groups attached to an aromatic ring is 1. The first kappa shape index (κ1) is 14.0. The summed E-state index contributed by atoms with van der Waals surface area (Å²) in [5.41, 5.74) is 5.83. The van der Waals surface area contributed by atoms with Crippen molar-refractivity contribution in [1.82, 2.24) is 0 Å². The number of hydrogen-bond acceptors (Lipinski definition) is 3. The van der Waals surface area contributed by atoms with Gasteiger partial charge in [-0.15, -0.1) is 0 Å². The van der Waals surface area contributed by atoms with Gasteiger partial charge in [0.15, 0.2) is 5.78 Å². The molecule has 20 heavy (non-hydrogen) atoms. The Kier molecular flexibility index (Phi) is 3.70. The molecule has 2 aromatic rings. The Balaban J connectivity index is 2.57. The van der Waals surface area contributed by atoms with Crippen molar-refractivity contribution in [2.75, 3.05) is 12.8 Å². The van der Waals surface area contributed by atoms with Crippen molar-refractivity contribution in [3.05, 3.63) is 58.7 Å². The molecule has 2 rings (SSSR count). The highest BCUT2D eigenvalue weighted by Crippen LogP contribution is 2.26. The number of carbonyl (C=O) groups excluding carboxylic acids is 1. The molecule has 104 valence electrons. The first-order valence-electron chi connectivity index (χ1n) is 5.88. The number of ketones is 1. The number of rotatable bonds is 3. The Hall–Kier alpha value is -2.43. The van der Waals surface area contributed by atoms with Gasteiger partial charge in [-0.25, -0.2) is 8.78 Å². The van der Waals surface area contributed by atoms with Gasteiger partial charge in [-0.3, -0.25) is 4.79 Å². The zero-order valence-electron chi connectivity index (χ0n) is 11.0. The molecule has 0 saturated carbocycles. The van der Waals surface area contributed by atoms with Gasteiger partial charge in [-0.1, -0.05) is 0 Å². The highest BCUT2D eigenvalue weighted by atomic mass is 19.1. The van der Waals surface area contributed by atoms with E-state index in [1.54, 1.807) is 6.07 Å². The summed E-state index contributed by atoms with van der Waals surface area (Å²) in [6.45, 7) is 1.42. The Morgan fingerprint density at radius 1 is 1.10 bits per heavy atom.